The summed E-state index contributed by atoms with van der Waals surface area (Å²) < 4.78 is 16.7. The van der Waals surface area contributed by atoms with Crippen LogP contribution in [-0.4, -0.2) is 40.7 Å². The molecule has 7 heteroatoms. The second-order valence-corrected chi connectivity index (χ2v) is 11.9. The summed E-state index contributed by atoms with van der Waals surface area (Å²) in [6.07, 6.45) is 0.439. The molecule has 2 atom stereocenters. The standard InChI is InChI=1S/C27H34NO5Si/c1-27(2,3)24(16-21(26(30)31-4)17-32-34(5)6)28-25(29)19-13-11-18(12-14-19)23-15-20-9-7-8-10-22(20)33-23/h7-15,21,24H,16-17H2,1-6H3,(H,28,29)/t21?,24-/m0/s1. The number of carbonyl (C=O) groups excluding carboxylic acids is 2. The number of methoxy groups -OCH3 is 1. The molecule has 34 heavy (non-hydrogen) atoms. The number of amides is 1. The van der Waals surface area contributed by atoms with Gasteiger partial charge in [-0.3, -0.25) is 9.59 Å². The van der Waals surface area contributed by atoms with Gasteiger partial charge in [0.25, 0.3) is 5.91 Å². The summed E-state index contributed by atoms with van der Waals surface area (Å²) in [4.78, 5) is 25.5. The molecule has 181 valence electrons. The van der Waals surface area contributed by atoms with Crippen molar-refractivity contribution in [1.29, 1.82) is 0 Å². The van der Waals surface area contributed by atoms with E-state index in [1.165, 1.54) is 7.11 Å². The predicted molar refractivity (Wildman–Crippen MR) is 136 cm³/mol. The zero-order chi connectivity index (χ0) is 24.9. The largest absolute Gasteiger partial charge is 0.469 e. The van der Waals surface area contributed by atoms with Gasteiger partial charge >= 0.3 is 5.97 Å². The van der Waals surface area contributed by atoms with E-state index >= 15 is 0 Å². The molecule has 1 aromatic heterocycles. The fourth-order valence-corrected chi connectivity index (χ4v) is 4.27. The number of nitrogens with one attached hydrogen (secondary N) is 1. The summed E-state index contributed by atoms with van der Waals surface area (Å²) in [5.41, 5.74) is 2.02. The summed E-state index contributed by atoms with van der Waals surface area (Å²) in [6, 6.07) is 17.0. The summed E-state index contributed by atoms with van der Waals surface area (Å²) in [5.74, 6) is -0.183. The number of esters is 1. The van der Waals surface area contributed by atoms with E-state index in [2.05, 4.69) is 5.32 Å². The number of ether oxygens (including phenoxy) is 1. The van der Waals surface area contributed by atoms with Crippen molar-refractivity contribution in [3.63, 3.8) is 0 Å². The number of hydrogen-bond donors (Lipinski definition) is 1. The molecule has 0 aliphatic carbocycles. The first-order valence-corrected chi connectivity index (χ1v) is 13.9. The van der Waals surface area contributed by atoms with Crippen LogP contribution in [0.3, 0.4) is 0 Å². The minimum absolute atomic E-state index is 0.184. The van der Waals surface area contributed by atoms with Crippen molar-refractivity contribution in [2.75, 3.05) is 13.7 Å². The average molecular weight is 481 g/mol. The summed E-state index contributed by atoms with van der Waals surface area (Å²) in [6.45, 7) is 10.5. The van der Waals surface area contributed by atoms with Crippen molar-refractivity contribution >= 4 is 31.9 Å². The molecule has 2 aromatic carbocycles. The van der Waals surface area contributed by atoms with E-state index in [0.29, 0.717) is 18.6 Å². The molecule has 1 radical (unpaired) electrons. The molecule has 1 amide bonds. The van der Waals surface area contributed by atoms with Gasteiger partial charge in [0.1, 0.15) is 11.3 Å². The number of benzene rings is 2. The van der Waals surface area contributed by atoms with Crippen molar-refractivity contribution < 1.29 is 23.2 Å². The molecule has 0 fully saturated rings. The SMILES string of the molecule is COC(=O)C(CO[Si](C)C)C[C@H](NC(=O)c1ccc(-c2cc3ccccc3o2)cc1)C(C)(C)C. The lowest BCUT2D eigenvalue weighted by atomic mass is 9.81. The Morgan fingerprint density at radius 2 is 1.74 bits per heavy atom. The third kappa shape index (κ3) is 6.58. The lowest BCUT2D eigenvalue weighted by Gasteiger charge is -2.34. The molecule has 0 saturated heterocycles. The highest BCUT2D eigenvalue weighted by molar-refractivity contribution is 6.48. The Bertz CT molecular complexity index is 1080. The van der Waals surface area contributed by atoms with Crippen LogP contribution >= 0.6 is 0 Å². The lowest BCUT2D eigenvalue weighted by Crippen LogP contribution is -2.46. The minimum Gasteiger partial charge on any atom is -0.469 e. The van der Waals surface area contributed by atoms with E-state index in [1.54, 1.807) is 12.1 Å². The van der Waals surface area contributed by atoms with Crippen LogP contribution in [0.25, 0.3) is 22.3 Å². The van der Waals surface area contributed by atoms with E-state index in [0.717, 1.165) is 22.3 Å². The van der Waals surface area contributed by atoms with Crippen molar-refractivity contribution in [1.82, 2.24) is 5.32 Å². The van der Waals surface area contributed by atoms with Crippen LogP contribution < -0.4 is 5.32 Å². The Labute approximate surface area is 203 Å². The normalized spacial score (nSPS) is 13.6. The van der Waals surface area contributed by atoms with Crippen molar-refractivity contribution in [3.05, 3.63) is 60.2 Å². The molecular weight excluding hydrogens is 446 g/mol. The van der Waals surface area contributed by atoms with Gasteiger partial charge in [-0.15, -0.1) is 0 Å². The molecule has 0 saturated carbocycles. The van der Waals surface area contributed by atoms with Gasteiger partial charge in [-0.25, -0.2) is 0 Å². The van der Waals surface area contributed by atoms with Crippen LogP contribution in [0.1, 0.15) is 37.6 Å². The first kappa shape index (κ1) is 25.7. The van der Waals surface area contributed by atoms with E-state index in [9.17, 15) is 9.59 Å². The van der Waals surface area contributed by atoms with Crippen LogP contribution in [-0.2, 0) is 14.0 Å². The Balaban J connectivity index is 1.74. The maximum atomic E-state index is 13.1. The van der Waals surface area contributed by atoms with E-state index < -0.39 is 15.0 Å². The van der Waals surface area contributed by atoms with Crippen LogP contribution in [0.5, 0.6) is 0 Å². The van der Waals surface area contributed by atoms with Gasteiger partial charge in [-0.2, -0.15) is 0 Å². The van der Waals surface area contributed by atoms with Crippen molar-refractivity contribution in [2.24, 2.45) is 11.3 Å². The number of furan rings is 1. The maximum Gasteiger partial charge on any atom is 0.311 e. The Morgan fingerprint density at radius 3 is 2.32 bits per heavy atom. The van der Waals surface area contributed by atoms with Gasteiger partial charge in [0.2, 0.25) is 9.04 Å². The fourth-order valence-electron chi connectivity index (χ4n) is 3.73. The van der Waals surface area contributed by atoms with Crippen LogP contribution in [0.4, 0.5) is 0 Å². The molecule has 1 N–H and O–H groups in total. The van der Waals surface area contributed by atoms with Gasteiger partial charge in [0, 0.05) is 29.2 Å². The van der Waals surface area contributed by atoms with E-state index in [1.807, 2.05) is 76.3 Å². The summed E-state index contributed by atoms with van der Waals surface area (Å²) in [7, 11) is 0.438. The quantitative estimate of drug-likeness (QED) is 0.314. The summed E-state index contributed by atoms with van der Waals surface area (Å²) in [5, 5.41) is 4.17. The first-order chi connectivity index (χ1) is 16.1. The smallest absolute Gasteiger partial charge is 0.311 e. The monoisotopic (exact) mass is 480 g/mol. The van der Waals surface area contributed by atoms with Crippen LogP contribution in [0, 0.1) is 11.3 Å². The summed E-state index contributed by atoms with van der Waals surface area (Å²) >= 11 is 0. The molecule has 0 bridgehead atoms. The average Bonchev–Trinajstić information content (AvgIpc) is 3.24. The van der Waals surface area contributed by atoms with Crippen LogP contribution in [0.2, 0.25) is 13.1 Å². The maximum absolute atomic E-state index is 13.1. The van der Waals surface area contributed by atoms with Gasteiger partial charge < -0.3 is 18.9 Å². The Morgan fingerprint density at radius 1 is 1.06 bits per heavy atom. The third-order valence-electron chi connectivity index (χ3n) is 5.84. The van der Waals surface area contributed by atoms with Gasteiger partial charge in [-0.05, 0) is 49.2 Å². The van der Waals surface area contributed by atoms with E-state index in [4.69, 9.17) is 13.6 Å². The lowest BCUT2D eigenvalue weighted by molar-refractivity contribution is -0.147. The molecule has 0 aliphatic heterocycles. The minimum atomic E-state index is -0.945. The number of para-hydroxylation sites is 1. The van der Waals surface area contributed by atoms with Gasteiger partial charge in [-0.1, -0.05) is 51.1 Å². The van der Waals surface area contributed by atoms with Gasteiger partial charge in [0.15, 0.2) is 0 Å². The molecular formula is C27H34NO5Si. The molecule has 1 heterocycles. The molecule has 0 spiro atoms. The topological polar surface area (TPSA) is 77.8 Å². The third-order valence-corrected chi connectivity index (χ3v) is 6.58. The highest BCUT2D eigenvalue weighted by Gasteiger charge is 2.32. The molecule has 6 nitrogen and oxygen atoms in total. The predicted octanol–water partition coefficient (Wildman–Crippen LogP) is 5.69. The Kier molecular flexibility index (Phi) is 8.33. The number of fused-ring (bicyclic) bond motifs is 1. The number of rotatable bonds is 9. The fraction of sp³-hybridized carbons (Fsp3) is 0.407. The van der Waals surface area contributed by atoms with Crippen molar-refractivity contribution in [2.45, 2.75) is 46.3 Å². The van der Waals surface area contributed by atoms with Gasteiger partial charge in [0.05, 0.1) is 13.0 Å². The molecule has 1 unspecified atom stereocenters. The van der Waals surface area contributed by atoms with Crippen LogP contribution in [0.15, 0.2) is 59.0 Å². The molecule has 3 aromatic rings. The first-order valence-electron chi connectivity index (χ1n) is 11.5. The highest BCUT2D eigenvalue weighted by Crippen LogP contribution is 2.29. The second kappa shape index (κ2) is 11.0. The highest BCUT2D eigenvalue weighted by atomic mass is 28.3. The zero-order valence-electron chi connectivity index (χ0n) is 20.8. The second-order valence-electron chi connectivity index (χ2n) is 9.79. The Hall–Kier alpha value is -2.90. The van der Waals surface area contributed by atoms with Crippen molar-refractivity contribution in [3.8, 4) is 11.3 Å². The number of hydrogen-bond acceptors (Lipinski definition) is 5. The van der Waals surface area contributed by atoms with E-state index in [-0.39, 0.29) is 23.3 Å². The zero-order valence-corrected chi connectivity index (χ0v) is 21.8. The molecule has 0 aliphatic rings. The number of carbonyl (C=O) groups is 2. The molecule has 3 rings (SSSR count).